The number of hydrogen-bond acceptors (Lipinski definition) is 4. The van der Waals surface area contributed by atoms with Crippen molar-refractivity contribution in [3.63, 3.8) is 0 Å². The van der Waals surface area contributed by atoms with Gasteiger partial charge in [0.05, 0.1) is 30.7 Å². The summed E-state index contributed by atoms with van der Waals surface area (Å²) in [5.74, 6) is -0.128. The second-order valence-electron chi connectivity index (χ2n) is 9.14. The summed E-state index contributed by atoms with van der Waals surface area (Å²) in [5.41, 5.74) is 3.42. The highest BCUT2D eigenvalue weighted by molar-refractivity contribution is 7.90. The average molecular weight is 466 g/mol. The number of carbonyl (C=O) groups is 1. The Morgan fingerprint density at radius 1 is 1.09 bits per heavy atom. The highest BCUT2D eigenvalue weighted by atomic mass is 32.2. The van der Waals surface area contributed by atoms with E-state index in [0.717, 1.165) is 35.2 Å². The Labute approximate surface area is 196 Å². The van der Waals surface area contributed by atoms with E-state index in [4.69, 9.17) is 0 Å². The fraction of sp³-hybridized carbons (Fsp3) is 0.385. The Hall–Kier alpha value is -2.93. The summed E-state index contributed by atoms with van der Waals surface area (Å²) >= 11 is 0. The maximum atomic E-state index is 13.5. The lowest BCUT2D eigenvalue weighted by atomic mass is 10.1. The van der Waals surface area contributed by atoms with Gasteiger partial charge in [-0.3, -0.25) is 4.79 Å². The van der Waals surface area contributed by atoms with Crippen LogP contribution in [0.25, 0.3) is 0 Å². The van der Waals surface area contributed by atoms with E-state index in [1.807, 2.05) is 80.3 Å². The molecule has 0 aliphatic heterocycles. The van der Waals surface area contributed by atoms with Gasteiger partial charge in [-0.15, -0.1) is 0 Å². The number of amides is 1. The van der Waals surface area contributed by atoms with Crippen LogP contribution >= 0.6 is 0 Å². The Balaban J connectivity index is 1.72. The number of aryl methyl sites for hydroxylation is 1. The van der Waals surface area contributed by atoms with Crippen LogP contribution in [0.5, 0.6) is 0 Å². The number of sulfone groups is 1. The van der Waals surface area contributed by atoms with Crippen LogP contribution in [0.1, 0.15) is 49.1 Å². The van der Waals surface area contributed by atoms with Crippen molar-refractivity contribution in [1.82, 2.24) is 14.5 Å². The van der Waals surface area contributed by atoms with E-state index >= 15 is 0 Å². The monoisotopic (exact) mass is 465 g/mol. The number of nitrogens with zero attached hydrogens (tertiary/aromatic N) is 3. The van der Waals surface area contributed by atoms with Gasteiger partial charge in [-0.25, -0.2) is 13.4 Å². The highest BCUT2D eigenvalue weighted by Crippen LogP contribution is 2.30. The number of rotatable bonds is 9. The zero-order chi connectivity index (χ0) is 23.6. The van der Waals surface area contributed by atoms with Crippen LogP contribution in [-0.2, 0) is 33.5 Å². The van der Waals surface area contributed by atoms with E-state index in [2.05, 4.69) is 4.98 Å². The van der Waals surface area contributed by atoms with Crippen molar-refractivity contribution in [2.75, 3.05) is 0 Å². The summed E-state index contributed by atoms with van der Waals surface area (Å²) < 4.78 is 28.7. The summed E-state index contributed by atoms with van der Waals surface area (Å²) in [7, 11) is -3.69. The molecule has 0 radical (unpaired) electrons. The summed E-state index contributed by atoms with van der Waals surface area (Å²) in [4.78, 5) is 19.1. The first kappa shape index (κ1) is 23.2. The number of carbonyl (C=O) groups excluding carboxylic acids is 1. The largest absolute Gasteiger partial charge is 0.334 e. The number of aromatic nitrogens is 2. The van der Waals surface area contributed by atoms with E-state index in [1.54, 1.807) is 10.8 Å². The molecule has 1 aliphatic rings. The highest BCUT2D eigenvalue weighted by Gasteiger charge is 2.35. The fourth-order valence-corrected chi connectivity index (χ4v) is 5.62. The lowest BCUT2D eigenvalue weighted by molar-refractivity contribution is -0.135. The standard InChI is InChI=1S/C26H31N3O3S/c1-19(2)25(30)28(23-13-14-23)17-24-15-27-26(29(24)16-21-10-5-4-6-11-21)33(31,32)18-22-12-8-7-9-20(22)3/h4-12,15,19,23H,13-14,16-18H2,1-3H3. The number of benzene rings is 2. The molecule has 1 aliphatic carbocycles. The first-order valence-corrected chi connectivity index (χ1v) is 13.1. The van der Waals surface area contributed by atoms with Crippen molar-refractivity contribution in [3.8, 4) is 0 Å². The third-order valence-corrected chi connectivity index (χ3v) is 7.64. The predicted octanol–water partition coefficient (Wildman–Crippen LogP) is 4.36. The zero-order valence-electron chi connectivity index (χ0n) is 19.4. The molecule has 7 heteroatoms. The minimum atomic E-state index is -3.69. The molecule has 0 unspecified atom stereocenters. The molecule has 6 nitrogen and oxygen atoms in total. The molecule has 1 amide bonds. The van der Waals surface area contributed by atoms with E-state index in [9.17, 15) is 13.2 Å². The lowest BCUT2D eigenvalue weighted by Gasteiger charge is -2.25. The third kappa shape index (κ3) is 5.36. The van der Waals surface area contributed by atoms with Gasteiger partial charge in [0.2, 0.25) is 20.9 Å². The second-order valence-corrected chi connectivity index (χ2v) is 11.0. The summed E-state index contributed by atoms with van der Waals surface area (Å²) in [6, 6.07) is 17.5. The molecule has 1 fully saturated rings. The van der Waals surface area contributed by atoms with Crippen molar-refractivity contribution in [3.05, 3.63) is 83.2 Å². The molecule has 0 saturated heterocycles. The summed E-state index contributed by atoms with van der Waals surface area (Å²) in [5, 5.41) is 0.0531. The molecule has 0 bridgehead atoms. The van der Waals surface area contributed by atoms with Gasteiger partial charge in [0.15, 0.2) is 0 Å². The molecule has 1 heterocycles. The minimum absolute atomic E-state index is 0.0531. The van der Waals surface area contributed by atoms with Crippen LogP contribution in [0.3, 0.4) is 0 Å². The first-order chi connectivity index (χ1) is 15.8. The van der Waals surface area contributed by atoms with Gasteiger partial charge in [0, 0.05) is 12.0 Å². The first-order valence-electron chi connectivity index (χ1n) is 11.4. The Bertz CT molecular complexity index is 1230. The molecule has 1 saturated carbocycles. The third-order valence-electron chi connectivity index (χ3n) is 6.07. The van der Waals surface area contributed by atoms with Gasteiger partial charge < -0.3 is 9.47 Å². The van der Waals surface area contributed by atoms with Gasteiger partial charge in [-0.05, 0) is 36.5 Å². The smallest absolute Gasteiger partial charge is 0.228 e. The van der Waals surface area contributed by atoms with Gasteiger partial charge in [-0.1, -0.05) is 68.4 Å². The van der Waals surface area contributed by atoms with Crippen molar-refractivity contribution in [1.29, 1.82) is 0 Å². The van der Waals surface area contributed by atoms with Crippen LogP contribution in [-0.4, -0.2) is 34.8 Å². The van der Waals surface area contributed by atoms with Gasteiger partial charge in [0.1, 0.15) is 0 Å². The van der Waals surface area contributed by atoms with E-state index in [-0.39, 0.29) is 28.8 Å². The molecule has 3 aromatic rings. The van der Waals surface area contributed by atoms with Crippen molar-refractivity contribution in [2.45, 2.75) is 63.7 Å². The molecular weight excluding hydrogens is 434 g/mol. The molecule has 1 aromatic heterocycles. The van der Waals surface area contributed by atoms with Crippen molar-refractivity contribution < 1.29 is 13.2 Å². The van der Waals surface area contributed by atoms with E-state index in [1.165, 1.54) is 0 Å². The SMILES string of the molecule is Cc1ccccc1CS(=O)(=O)c1ncc(CN(C(=O)C(C)C)C2CC2)n1Cc1ccccc1. The van der Waals surface area contributed by atoms with E-state index < -0.39 is 9.84 Å². The topological polar surface area (TPSA) is 72.3 Å². The maximum absolute atomic E-state index is 13.5. The maximum Gasteiger partial charge on any atom is 0.228 e. The van der Waals surface area contributed by atoms with Crippen molar-refractivity contribution >= 4 is 15.7 Å². The average Bonchev–Trinajstić information content (AvgIpc) is 3.55. The Morgan fingerprint density at radius 3 is 2.39 bits per heavy atom. The summed E-state index contributed by atoms with van der Waals surface area (Å²) in [6.07, 6.45) is 3.60. The lowest BCUT2D eigenvalue weighted by Crippen LogP contribution is -2.36. The molecule has 0 atom stereocenters. The Kier molecular flexibility index (Phi) is 6.70. The van der Waals surface area contributed by atoms with Gasteiger partial charge >= 0.3 is 0 Å². The van der Waals surface area contributed by atoms with Gasteiger partial charge in [0.25, 0.3) is 0 Å². The molecule has 174 valence electrons. The van der Waals surface area contributed by atoms with Crippen molar-refractivity contribution in [2.24, 2.45) is 5.92 Å². The van der Waals surface area contributed by atoms with Crippen LogP contribution in [0.4, 0.5) is 0 Å². The quantitative estimate of drug-likeness (QED) is 0.471. The molecule has 33 heavy (non-hydrogen) atoms. The Morgan fingerprint density at radius 2 is 1.76 bits per heavy atom. The number of hydrogen-bond donors (Lipinski definition) is 0. The summed E-state index contributed by atoms with van der Waals surface area (Å²) in [6.45, 7) is 6.46. The molecule has 0 N–H and O–H groups in total. The molecule has 2 aromatic carbocycles. The second kappa shape index (κ2) is 9.51. The zero-order valence-corrected chi connectivity index (χ0v) is 20.3. The van der Waals surface area contributed by atoms with Crippen LogP contribution in [0.2, 0.25) is 0 Å². The normalized spacial score (nSPS) is 13.9. The molecule has 4 rings (SSSR count). The molecular formula is C26H31N3O3S. The van der Waals surface area contributed by atoms with Crippen LogP contribution in [0, 0.1) is 12.8 Å². The van der Waals surface area contributed by atoms with E-state index in [0.29, 0.717) is 13.1 Å². The predicted molar refractivity (Wildman–Crippen MR) is 128 cm³/mol. The van der Waals surface area contributed by atoms with Gasteiger partial charge in [-0.2, -0.15) is 0 Å². The number of imidazole rings is 1. The van der Waals surface area contributed by atoms with Crippen LogP contribution in [0.15, 0.2) is 66.0 Å². The molecule has 0 spiro atoms. The van der Waals surface area contributed by atoms with Crippen LogP contribution < -0.4 is 0 Å². The minimum Gasteiger partial charge on any atom is -0.334 e. The fourth-order valence-electron chi connectivity index (χ4n) is 4.02.